The minimum atomic E-state index is -2.64. The topological polar surface area (TPSA) is 85.0 Å². The number of nitrogens with one attached hydrogen (secondary N) is 2. The molecule has 41 heavy (non-hydrogen) atoms. The number of benzene rings is 1. The van der Waals surface area contributed by atoms with E-state index in [1.807, 2.05) is 4.90 Å². The SMILES string of the molecule is [2H]C([2H])(c1cc(Cl)ccc1NCC1CCN(C(C)=O)CC1)N1CCN(C(=O)CNC(=O)C2CC23CCC(F)(F)CC3)CC1. The van der Waals surface area contributed by atoms with Crippen LogP contribution in [0.2, 0.25) is 5.02 Å². The van der Waals surface area contributed by atoms with Gasteiger partial charge in [-0.15, -0.1) is 0 Å². The molecule has 5 rings (SSSR count). The maximum Gasteiger partial charge on any atom is 0.248 e. The lowest BCUT2D eigenvalue weighted by atomic mass is 9.82. The van der Waals surface area contributed by atoms with Gasteiger partial charge in [0.15, 0.2) is 0 Å². The number of likely N-dealkylation sites (tertiary alicyclic amines) is 1. The van der Waals surface area contributed by atoms with Crippen LogP contribution >= 0.6 is 11.6 Å². The van der Waals surface area contributed by atoms with Gasteiger partial charge in [-0.3, -0.25) is 19.3 Å². The fourth-order valence-electron chi connectivity index (χ4n) is 6.49. The number of carbonyl (C=O) groups is 3. The molecule has 4 aliphatic rings. The van der Waals surface area contributed by atoms with Crippen molar-refractivity contribution in [2.24, 2.45) is 17.3 Å². The van der Waals surface area contributed by atoms with E-state index in [4.69, 9.17) is 14.3 Å². The van der Waals surface area contributed by atoms with Crippen LogP contribution in [0.3, 0.4) is 0 Å². The third kappa shape index (κ3) is 7.49. The van der Waals surface area contributed by atoms with E-state index in [0.717, 1.165) is 25.9 Å². The predicted octanol–water partition coefficient (Wildman–Crippen LogP) is 3.99. The summed E-state index contributed by atoms with van der Waals surface area (Å²) in [5.41, 5.74) is 0.781. The molecule has 2 saturated carbocycles. The van der Waals surface area contributed by atoms with E-state index in [2.05, 4.69) is 10.6 Å². The summed E-state index contributed by atoms with van der Waals surface area (Å²) >= 11 is 6.30. The Hall–Kier alpha value is -2.46. The summed E-state index contributed by atoms with van der Waals surface area (Å²) in [6.07, 6.45) is 2.72. The molecular weight excluding hydrogens is 552 g/mol. The average molecular weight is 596 g/mol. The minimum absolute atomic E-state index is 0.0914. The first-order chi connectivity index (χ1) is 20.3. The van der Waals surface area contributed by atoms with Gasteiger partial charge in [-0.05, 0) is 67.2 Å². The number of hydrogen-bond acceptors (Lipinski definition) is 5. The number of alkyl halides is 2. The lowest BCUT2D eigenvalue weighted by Gasteiger charge is -2.35. The first kappa shape index (κ1) is 27.4. The molecule has 0 aromatic heterocycles. The number of halogens is 3. The van der Waals surface area contributed by atoms with Crippen molar-refractivity contribution in [3.05, 3.63) is 28.8 Å². The molecule has 3 amide bonds. The van der Waals surface area contributed by atoms with Crippen LogP contribution in [0.15, 0.2) is 18.2 Å². The molecule has 11 heteroatoms. The van der Waals surface area contributed by atoms with Crippen LogP contribution in [0.1, 0.15) is 60.2 Å². The van der Waals surface area contributed by atoms with Gasteiger partial charge in [0.25, 0.3) is 0 Å². The van der Waals surface area contributed by atoms with Crippen LogP contribution in [0.5, 0.6) is 0 Å². The number of piperidine rings is 1. The Morgan fingerprint density at radius 3 is 2.37 bits per heavy atom. The van der Waals surface area contributed by atoms with Crippen molar-refractivity contribution < 1.29 is 25.9 Å². The van der Waals surface area contributed by atoms with Gasteiger partial charge in [0.1, 0.15) is 0 Å². The number of carbonyl (C=O) groups excluding carboxylic acids is 3. The van der Waals surface area contributed by atoms with Crippen molar-refractivity contribution in [1.82, 2.24) is 20.0 Å². The second-order valence-corrected chi connectivity index (χ2v) is 12.6. The van der Waals surface area contributed by atoms with E-state index >= 15 is 0 Å². The highest BCUT2D eigenvalue weighted by molar-refractivity contribution is 6.30. The van der Waals surface area contributed by atoms with Gasteiger partial charge >= 0.3 is 0 Å². The zero-order valence-corrected chi connectivity index (χ0v) is 24.4. The minimum Gasteiger partial charge on any atom is -0.385 e. The van der Waals surface area contributed by atoms with Crippen LogP contribution < -0.4 is 10.6 Å². The predicted molar refractivity (Wildman–Crippen MR) is 154 cm³/mol. The Balaban J connectivity index is 1.10. The molecule has 0 radical (unpaired) electrons. The Labute approximate surface area is 248 Å². The number of amides is 3. The van der Waals surface area contributed by atoms with E-state index in [1.165, 1.54) is 0 Å². The maximum absolute atomic E-state index is 13.5. The molecule has 0 bridgehead atoms. The molecule has 8 nitrogen and oxygen atoms in total. The van der Waals surface area contributed by atoms with Crippen LogP contribution in [0.25, 0.3) is 0 Å². The van der Waals surface area contributed by atoms with Crippen molar-refractivity contribution in [3.63, 3.8) is 0 Å². The van der Waals surface area contributed by atoms with E-state index in [1.54, 1.807) is 34.9 Å². The summed E-state index contributed by atoms with van der Waals surface area (Å²) in [5.74, 6) is -2.94. The first-order valence-corrected chi connectivity index (χ1v) is 15.2. The summed E-state index contributed by atoms with van der Waals surface area (Å²) in [7, 11) is 0. The standard InChI is InChI=1S/C30H42ClF2N5O3/c1-21(39)37-10-4-22(5-11-37)18-34-26-3-2-24(31)16-23(26)20-36-12-14-38(15-13-36)27(40)19-35-28(41)25-17-29(25)6-8-30(32,33)9-7-29/h2-3,16,22,25,34H,4-15,17-20H2,1H3,(H,35,41)/i20D2. The van der Waals surface area contributed by atoms with Gasteiger partial charge in [-0.25, -0.2) is 8.78 Å². The highest BCUT2D eigenvalue weighted by Gasteiger charge is 2.60. The van der Waals surface area contributed by atoms with Gasteiger partial charge in [0, 0.05) is 91.4 Å². The van der Waals surface area contributed by atoms with E-state index < -0.39 is 12.4 Å². The maximum atomic E-state index is 13.5. The molecule has 1 aromatic rings. The number of nitrogens with zero attached hydrogens (tertiary/aromatic N) is 3. The van der Waals surface area contributed by atoms with E-state index in [9.17, 15) is 23.2 Å². The van der Waals surface area contributed by atoms with Crippen molar-refractivity contribution in [2.45, 2.75) is 64.3 Å². The quantitative estimate of drug-likeness (QED) is 0.475. The molecule has 1 unspecified atom stereocenters. The fraction of sp³-hybridized carbons (Fsp3) is 0.700. The van der Waals surface area contributed by atoms with Crippen molar-refractivity contribution in [1.29, 1.82) is 0 Å². The van der Waals surface area contributed by atoms with Crippen LogP contribution in [-0.4, -0.2) is 90.7 Å². The van der Waals surface area contributed by atoms with Gasteiger partial charge < -0.3 is 20.4 Å². The molecule has 2 heterocycles. The smallest absolute Gasteiger partial charge is 0.248 e. The number of rotatable bonds is 8. The Morgan fingerprint density at radius 2 is 1.71 bits per heavy atom. The molecule has 1 spiro atoms. The monoisotopic (exact) mass is 595 g/mol. The molecule has 2 aliphatic carbocycles. The highest BCUT2D eigenvalue weighted by Crippen LogP contribution is 2.63. The van der Waals surface area contributed by atoms with Crippen molar-refractivity contribution in [2.75, 3.05) is 57.7 Å². The van der Waals surface area contributed by atoms with Gasteiger partial charge in [-0.1, -0.05) is 11.6 Å². The third-order valence-electron chi connectivity index (χ3n) is 9.43. The summed E-state index contributed by atoms with van der Waals surface area (Å²) in [6.45, 7) is 2.96. The highest BCUT2D eigenvalue weighted by atomic mass is 35.5. The summed E-state index contributed by atoms with van der Waals surface area (Å²) in [6, 6.07) is 5.18. The van der Waals surface area contributed by atoms with E-state index in [-0.39, 0.29) is 48.4 Å². The molecule has 2 saturated heterocycles. The lowest BCUT2D eigenvalue weighted by Crippen LogP contribution is -2.51. The molecule has 2 N–H and O–H groups in total. The van der Waals surface area contributed by atoms with Gasteiger partial charge in [0.05, 0.1) is 6.54 Å². The zero-order valence-electron chi connectivity index (χ0n) is 25.7. The zero-order chi connectivity index (χ0) is 31.0. The largest absolute Gasteiger partial charge is 0.385 e. The molecule has 1 atom stereocenters. The summed E-state index contributed by atoms with van der Waals surface area (Å²) in [4.78, 5) is 42.3. The van der Waals surface area contributed by atoms with Crippen molar-refractivity contribution >= 4 is 35.0 Å². The molecule has 226 valence electrons. The number of piperazine rings is 1. The third-order valence-corrected chi connectivity index (χ3v) is 9.67. The molecular formula is C30H42ClF2N5O3. The van der Waals surface area contributed by atoms with Crippen LogP contribution in [0.4, 0.5) is 14.5 Å². The lowest BCUT2D eigenvalue weighted by molar-refractivity contribution is -0.135. The molecule has 1 aromatic carbocycles. The van der Waals surface area contributed by atoms with Crippen molar-refractivity contribution in [3.8, 4) is 0 Å². The Bertz CT molecular complexity index is 1210. The summed E-state index contributed by atoms with van der Waals surface area (Å²) < 4.78 is 45.1. The van der Waals surface area contributed by atoms with Crippen LogP contribution in [0, 0.1) is 17.3 Å². The second-order valence-electron chi connectivity index (χ2n) is 12.2. The first-order valence-electron chi connectivity index (χ1n) is 15.8. The van der Waals surface area contributed by atoms with Crippen LogP contribution in [-0.2, 0) is 20.9 Å². The van der Waals surface area contributed by atoms with Gasteiger partial charge in [0.2, 0.25) is 23.6 Å². The molecule has 2 aliphatic heterocycles. The molecule has 4 fully saturated rings. The number of anilines is 1. The summed E-state index contributed by atoms with van der Waals surface area (Å²) in [5, 5.41) is 6.57. The normalized spacial score (nSPS) is 25.3. The Kier molecular flexibility index (Phi) is 8.29. The van der Waals surface area contributed by atoms with Gasteiger partial charge in [-0.2, -0.15) is 0 Å². The van der Waals surface area contributed by atoms with E-state index in [0.29, 0.717) is 74.2 Å². The average Bonchev–Trinajstić information content (AvgIpc) is 3.71. The Morgan fingerprint density at radius 1 is 1.02 bits per heavy atom. The fourth-order valence-corrected chi connectivity index (χ4v) is 6.66. The number of hydrogen-bond donors (Lipinski definition) is 2. The second kappa shape index (κ2) is 12.4.